The van der Waals surface area contributed by atoms with Crippen LogP contribution in [-0.4, -0.2) is 75.6 Å². The number of nitrogens with zero attached hydrogens (tertiary/aromatic N) is 1. The summed E-state index contributed by atoms with van der Waals surface area (Å²) in [6.07, 6.45) is 3.68. The van der Waals surface area contributed by atoms with E-state index in [-0.39, 0.29) is 23.2 Å². The standard InChI is InChI=1S/C42H49N3O5.CH2O2/c1-29(2)45-24-21-42(22-25-45,32-8-4-3-5-9-32)36-27-31(12-17-37(36)46)7-6-26-50-33-13-10-30(11-14-33)20-23-43-28-39(48)34-15-18-38(47)41-35(34)16-19-40(49)44-41;2-1-3/h3-5,8-19,27,29,39,43,46-48H,6-7,20-26,28H2,1-2H3,(H,44,49);1H,(H,2,3)/t39-;/m0./s1. The molecule has 6 rings (SSSR count). The number of pyridine rings is 1. The Hall–Kier alpha value is -5.16. The van der Waals surface area contributed by atoms with E-state index in [0.717, 1.165) is 62.1 Å². The number of benzene rings is 4. The average molecular weight is 722 g/mol. The number of nitrogens with one attached hydrogen (secondary N) is 2. The van der Waals surface area contributed by atoms with Gasteiger partial charge in [-0.25, -0.2) is 0 Å². The molecule has 1 saturated heterocycles. The topological polar surface area (TPSA) is 155 Å². The lowest BCUT2D eigenvalue weighted by atomic mass is 9.67. The van der Waals surface area contributed by atoms with Gasteiger partial charge in [0, 0.05) is 35.0 Å². The molecule has 2 heterocycles. The number of hydrogen-bond acceptors (Lipinski definition) is 8. The van der Waals surface area contributed by atoms with Crippen molar-refractivity contribution < 1.29 is 30.0 Å². The third kappa shape index (κ3) is 9.84. The molecule has 1 aliphatic heterocycles. The van der Waals surface area contributed by atoms with Crippen molar-refractivity contribution >= 4 is 17.4 Å². The number of likely N-dealkylation sites (tertiary alicyclic amines) is 1. The SMILES string of the molecule is CC(C)N1CCC(c2ccccc2)(c2cc(CCCOc3ccc(CCNC[C@H](O)c4ccc(O)c5[nH]c(=O)ccc45)cc3)ccc2O)CC1.O=CO. The van der Waals surface area contributed by atoms with E-state index in [1.807, 2.05) is 24.3 Å². The van der Waals surface area contributed by atoms with E-state index in [1.165, 1.54) is 23.3 Å². The number of hydrogen-bond donors (Lipinski definition) is 6. The van der Waals surface area contributed by atoms with Crippen LogP contribution < -0.4 is 15.6 Å². The van der Waals surface area contributed by atoms with Gasteiger partial charge in [0.2, 0.25) is 5.56 Å². The van der Waals surface area contributed by atoms with Crippen molar-refractivity contribution in [3.05, 3.63) is 135 Å². The first-order chi connectivity index (χ1) is 25.6. The largest absolute Gasteiger partial charge is 0.508 e. The molecule has 0 spiro atoms. The molecule has 10 nitrogen and oxygen atoms in total. The first kappa shape index (κ1) is 39.1. The Bertz CT molecular complexity index is 1970. The van der Waals surface area contributed by atoms with Crippen LogP contribution in [0.1, 0.15) is 67.0 Å². The molecular weight excluding hydrogens is 670 g/mol. The highest BCUT2D eigenvalue weighted by atomic mass is 16.5. The molecule has 1 aliphatic rings. The van der Waals surface area contributed by atoms with Crippen molar-refractivity contribution in [2.45, 2.75) is 63.5 Å². The third-order valence-corrected chi connectivity index (χ3v) is 10.3. The lowest BCUT2D eigenvalue weighted by Gasteiger charge is -2.44. The molecule has 1 aromatic heterocycles. The molecule has 6 N–H and O–H groups in total. The van der Waals surface area contributed by atoms with Crippen LogP contribution >= 0.6 is 0 Å². The number of aliphatic hydroxyl groups excluding tert-OH is 1. The minimum absolute atomic E-state index is 0.0228. The number of fused-ring (bicyclic) bond motifs is 1. The Morgan fingerprint density at radius 3 is 2.26 bits per heavy atom. The Labute approximate surface area is 310 Å². The van der Waals surface area contributed by atoms with Gasteiger partial charge in [-0.15, -0.1) is 0 Å². The van der Waals surface area contributed by atoms with Gasteiger partial charge in [0.25, 0.3) is 6.47 Å². The van der Waals surface area contributed by atoms with E-state index in [9.17, 15) is 20.1 Å². The Balaban J connectivity index is 0.00000175. The van der Waals surface area contributed by atoms with Crippen LogP contribution in [0.15, 0.2) is 102 Å². The van der Waals surface area contributed by atoms with E-state index in [0.29, 0.717) is 48.0 Å². The maximum Gasteiger partial charge on any atom is 0.290 e. The quantitative estimate of drug-likeness (QED) is 0.0572. The first-order valence-electron chi connectivity index (χ1n) is 18.3. The van der Waals surface area contributed by atoms with Gasteiger partial charge >= 0.3 is 0 Å². The number of ether oxygens (including phenoxy) is 1. The van der Waals surface area contributed by atoms with E-state index >= 15 is 0 Å². The number of aromatic hydroxyl groups is 2. The lowest BCUT2D eigenvalue weighted by Crippen LogP contribution is -2.45. The number of rotatable bonds is 14. The number of carbonyl (C=O) groups is 1. The highest BCUT2D eigenvalue weighted by Crippen LogP contribution is 2.46. The smallest absolute Gasteiger partial charge is 0.290 e. The number of phenols is 2. The van der Waals surface area contributed by atoms with Crippen molar-refractivity contribution in [3.63, 3.8) is 0 Å². The summed E-state index contributed by atoms with van der Waals surface area (Å²) in [5.41, 5.74) is 5.16. The highest BCUT2D eigenvalue weighted by molar-refractivity contribution is 5.87. The predicted molar refractivity (Wildman–Crippen MR) is 208 cm³/mol. The number of aliphatic hydroxyl groups is 1. The second kappa shape index (κ2) is 18.6. The monoisotopic (exact) mass is 721 g/mol. The molecule has 4 aromatic carbocycles. The summed E-state index contributed by atoms with van der Waals surface area (Å²) in [7, 11) is 0. The fourth-order valence-corrected chi connectivity index (χ4v) is 7.36. The van der Waals surface area contributed by atoms with Gasteiger partial charge in [0.15, 0.2) is 0 Å². The summed E-state index contributed by atoms with van der Waals surface area (Å²) in [6, 6.07) is 31.7. The number of H-pyrrole nitrogens is 1. The number of aryl methyl sites for hydroxylation is 1. The Morgan fingerprint density at radius 2 is 1.57 bits per heavy atom. The number of phenolic OH excluding ortho intramolecular Hbond substituents is 2. The second-order valence-corrected chi connectivity index (χ2v) is 13.9. The Kier molecular flexibility index (Phi) is 13.7. The van der Waals surface area contributed by atoms with E-state index in [4.69, 9.17) is 14.6 Å². The molecule has 0 aliphatic carbocycles. The van der Waals surface area contributed by atoms with Crippen LogP contribution in [-0.2, 0) is 23.1 Å². The molecule has 0 bridgehead atoms. The highest BCUT2D eigenvalue weighted by Gasteiger charge is 2.40. The molecule has 1 atom stereocenters. The third-order valence-electron chi connectivity index (χ3n) is 10.3. The van der Waals surface area contributed by atoms with Gasteiger partial charge in [-0.05, 0) is 118 Å². The number of carboxylic acid groups (broad SMARTS) is 1. The van der Waals surface area contributed by atoms with E-state index in [1.54, 1.807) is 12.1 Å². The summed E-state index contributed by atoms with van der Waals surface area (Å²) in [5.74, 6) is 1.19. The normalized spacial score (nSPS) is 14.7. The molecule has 53 heavy (non-hydrogen) atoms. The molecule has 0 radical (unpaired) electrons. The molecule has 0 unspecified atom stereocenters. The van der Waals surface area contributed by atoms with Gasteiger partial charge in [-0.3, -0.25) is 9.59 Å². The van der Waals surface area contributed by atoms with Crippen LogP contribution in [0.2, 0.25) is 0 Å². The predicted octanol–water partition coefficient (Wildman–Crippen LogP) is 6.31. The lowest BCUT2D eigenvalue weighted by molar-refractivity contribution is -0.122. The van der Waals surface area contributed by atoms with Crippen LogP contribution in [0.4, 0.5) is 0 Å². The zero-order valence-electron chi connectivity index (χ0n) is 30.5. The first-order valence-corrected chi connectivity index (χ1v) is 18.3. The van der Waals surface area contributed by atoms with Gasteiger partial charge < -0.3 is 40.4 Å². The van der Waals surface area contributed by atoms with E-state index < -0.39 is 6.10 Å². The molecule has 1 fully saturated rings. The van der Waals surface area contributed by atoms with Gasteiger partial charge in [-0.1, -0.05) is 60.7 Å². The van der Waals surface area contributed by atoms with Gasteiger partial charge in [0.05, 0.1) is 18.2 Å². The molecule has 5 aromatic rings. The maximum atomic E-state index is 11.7. The van der Waals surface area contributed by atoms with Crippen molar-refractivity contribution in [2.24, 2.45) is 0 Å². The fourth-order valence-electron chi connectivity index (χ4n) is 7.36. The Morgan fingerprint density at radius 1 is 0.887 bits per heavy atom. The van der Waals surface area contributed by atoms with E-state index in [2.05, 4.69) is 77.6 Å². The molecule has 10 heteroatoms. The van der Waals surface area contributed by atoms with Crippen molar-refractivity contribution in [2.75, 3.05) is 32.8 Å². The van der Waals surface area contributed by atoms with Gasteiger partial charge in [-0.2, -0.15) is 0 Å². The second-order valence-electron chi connectivity index (χ2n) is 13.9. The van der Waals surface area contributed by atoms with Crippen LogP contribution in [0.25, 0.3) is 10.9 Å². The zero-order valence-corrected chi connectivity index (χ0v) is 30.5. The summed E-state index contributed by atoms with van der Waals surface area (Å²) in [5, 5.41) is 42.9. The van der Waals surface area contributed by atoms with Crippen LogP contribution in [0, 0.1) is 0 Å². The molecule has 0 saturated carbocycles. The summed E-state index contributed by atoms with van der Waals surface area (Å²) in [6.45, 7) is 7.90. The van der Waals surface area contributed by atoms with Crippen molar-refractivity contribution in [1.82, 2.24) is 15.2 Å². The minimum atomic E-state index is -0.791. The summed E-state index contributed by atoms with van der Waals surface area (Å²) in [4.78, 5) is 25.2. The van der Waals surface area contributed by atoms with Crippen molar-refractivity contribution in [1.29, 1.82) is 0 Å². The molecular formula is C43H51N3O7. The molecule has 0 amide bonds. The maximum absolute atomic E-state index is 11.7. The van der Waals surface area contributed by atoms with Crippen LogP contribution in [0.5, 0.6) is 17.2 Å². The molecule has 280 valence electrons. The van der Waals surface area contributed by atoms with Gasteiger partial charge in [0.1, 0.15) is 17.2 Å². The fraction of sp³-hybridized carbons (Fsp3) is 0.349. The minimum Gasteiger partial charge on any atom is -0.508 e. The summed E-state index contributed by atoms with van der Waals surface area (Å²) >= 11 is 0. The average Bonchev–Trinajstić information content (AvgIpc) is 3.17. The zero-order chi connectivity index (χ0) is 37.8. The number of aromatic nitrogens is 1. The summed E-state index contributed by atoms with van der Waals surface area (Å²) < 4.78 is 6.09. The van der Waals surface area contributed by atoms with Crippen molar-refractivity contribution in [3.8, 4) is 17.2 Å². The van der Waals surface area contributed by atoms with Crippen LogP contribution in [0.3, 0.4) is 0 Å². The number of aromatic amines is 1. The number of piperidine rings is 1.